The second-order valence-corrected chi connectivity index (χ2v) is 4.07. The quantitative estimate of drug-likeness (QED) is 0.843. The van der Waals surface area contributed by atoms with Gasteiger partial charge < -0.3 is 15.0 Å². The maximum absolute atomic E-state index is 12.0. The number of hydrogen-bond donors (Lipinski definition) is 2. The molecule has 0 spiro atoms. The van der Waals surface area contributed by atoms with Gasteiger partial charge in [-0.2, -0.15) is 0 Å². The molecule has 1 aromatic carbocycles. The van der Waals surface area contributed by atoms with Crippen molar-refractivity contribution in [3.05, 3.63) is 30.6 Å². The van der Waals surface area contributed by atoms with Gasteiger partial charge in [-0.3, -0.25) is 4.79 Å². The maximum Gasteiger partial charge on any atom is 0.265 e. The Morgan fingerprint density at radius 1 is 1.42 bits per heavy atom. The van der Waals surface area contributed by atoms with E-state index < -0.39 is 25.0 Å². The van der Waals surface area contributed by atoms with Gasteiger partial charge in [0.25, 0.3) is 6.43 Å². The lowest BCUT2D eigenvalue weighted by Crippen LogP contribution is -2.37. The van der Waals surface area contributed by atoms with Crippen LogP contribution in [0, 0.1) is 0 Å². The summed E-state index contributed by atoms with van der Waals surface area (Å²) < 4.78 is 25.7. The predicted molar refractivity (Wildman–Crippen MR) is 64.8 cm³/mol. The number of aliphatic hydroxyl groups is 1. The van der Waals surface area contributed by atoms with E-state index in [9.17, 15) is 13.6 Å². The molecule has 0 aliphatic heterocycles. The Balaban J connectivity index is 1.96. The Labute approximate surface area is 107 Å². The van der Waals surface area contributed by atoms with Gasteiger partial charge in [0.2, 0.25) is 5.91 Å². The number of carbonyl (C=O) groups is 1. The van der Waals surface area contributed by atoms with E-state index >= 15 is 0 Å². The summed E-state index contributed by atoms with van der Waals surface area (Å²) in [5.41, 5.74) is 1.54. The number of benzene rings is 1. The molecule has 102 valence electrons. The second kappa shape index (κ2) is 5.75. The summed E-state index contributed by atoms with van der Waals surface area (Å²) >= 11 is 0. The molecule has 1 aromatic heterocycles. The van der Waals surface area contributed by atoms with Crippen molar-refractivity contribution in [1.82, 2.24) is 14.9 Å². The molecule has 1 heterocycles. The zero-order valence-corrected chi connectivity index (χ0v) is 9.96. The molecule has 1 atom stereocenters. The zero-order chi connectivity index (χ0) is 13.8. The number of nitrogens with zero attached hydrogens (tertiary/aromatic N) is 2. The Hall–Kier alpha value is -2.02. The van der Waals surface area contributed by atoms with Gasteiger partial charge in [-0.15, -0.1) is 0 Å². The smallest absolute Gasteiger partial charge is 0.265 e. The van der Waals surface area contributed by atoms with Crippen LogP contribution >= 0.6 is 0 Å². The third-order valence-corrected chi connectivity index (χ3v) is 2.64. The van der Waals surface area contributed by atoms with Crippen molar-refractivity contribution >= 4 is 16.9 Å². The van der Waals surface area contributed by atoms with Crippen LogP contribution in [-0.2, 0) is 11.3 Å². The van der Waals surface area contributed by atoms with E-state index in [2.05, 4.69) is 10.3 Å². The van der Waals surface area contributed by atoms with Crippen LogP contribution in [0.2, 0.25) is 0 Å². The van der Waals surface area contributed by atoms with Crippen molar-refractivity contribution in [2.75, 3.05) is 6.54 Å². The lowest BCUT2D eigenvalue weighted by Gasteiger charge is -2.11. The van der Waals surface area contributed by atoms with Crippen molar-refractivity contribution in [2.45, 2.75) is 19.1 Å². The lowest BCUT2D eigenvalue weighted by molar-refractivity contribution is -0.122. The summed E-state index contributed by atoms with van der Waals surface area (Å²) in [6.07, 6.45) is -3.20. The van der Waals surface area contributed by atoms with Gasteiger partial charge in [0.15, 0.2) is 0 Å². The molecule has 0 fully saturated rings. The molecule has 19 heavy (non-hydrogen) atoms. The van der Waals surface area contributed by atoms with Crippen LogP contribution < -0.4 is 5.32 Å². The van der Waals surface area contributed by atoms with Crippen LogP contribution in [0.25, 0.3) is 11.0 Å². The Bertz CT molecular complexity index is 571. The predicted octanol–water partition coefficient (Wildman–Crippen LogP) is 0.778. The summed E-state index contributed by atoms with van der Waals surface area (Å²) in [5.74, 6) is -0.456. The molecule has 0 radical (unpaired) electrons. The van der Waals surface area contributed by atoms with Crippen molar-refractivity contribution < 1.29 is 18.7 Å². The number of carbonyl (C=O) groups excluding carboxylic acids is 1. The highest BCUT2D eigenvalue weighted by molar-refractivity contribution is 5.80. The van der Waals surface area contributed by atoms with Gasteiger partial charge in [-0.1, -0.05) is 12.1 Å². The summed E-state index contributed by atoms with van der Waals surface area (Å²) in [4.78, 5) is 15.7. The van der Waals surface area contributed by atoms with Crippen LogP contribution in [0.15, 0.2) is 30.6 Å². The minimum atomic E-state index is -2.87. The molecule has 2 aromatic rings. The number of rotatable bonds is 5. The number of fused-ring (bicyclic) bond motifs is 1. The van der Waals surface area contributed by atoms with Crippen LogP contribution in [0.3, 0.4) is 0 Å². The van der Waals surface area contributed by atoms with Gasteiger partial charge in [-0.05, 0) is 12.1 Å². The first kappa shape index (κ1) is 13.4. The monoisotopic (exact) mass is 269 g/mol. The molecule has 0 bridgehead atoms. The molecular formula is C12H13F2N3O2. The normalized spacial score (nSPS) is 12.8. The molecular weight excluding hydrogens is 256 g/mol. The third-order valence-electron chi connectivity index (χ3n) is 2.64. The number of halogens is 2. The molecule has 0 saturated heterocycles. The number of nitrogens with one attached hydrogen (secondary N) is 1. The van der Waals surface area contributed by atoms with Crippen LogP contribution in [0.1, 0.15) is 0 Å². The van der Waals surface area contributed by atoms with Crippen molar-refractivity contribution in [2.24, 2.45) is 0 Å². The fourth-order valence-electron chi connectivity index (χ4n) is 1.65. The van der Waals surface area contributed by atoms with E-state index in [-0.39, 0.29) is 6.54 Å². The molecule has 1 amide bonds. The zero-order valence-electron chi connectivity index (χ0n) is 9.96. The molecule has 5 nitrogen and oxygen atoms in total. The second-order valence-electron chi connectivity index (χ2n) is 4.07. The van der Waals surface area contributed by atoms with Crippen molar-refractivity contribution in [3.63, 3.8) is 0 Å². The Morgan fingerprint density at radius 2 is 2.16 bits per heavy atom. The number of aromatic nitrogens is 2. The van der Waals surface area contributed by atoms with Gasteiger partial charge in [0.1, 0.15) is 12.6 Å². The number of amides is 1. The molecule has 1 unspecified atom stereocenters. The fourth-order valence-corrected chi connectivity index (χ4v) is 1.65. The fraction of sp³-hybridized carbons (Fsp3) is 0.333. The number of aliphatic hydroxyl groups excluding tert-OH is 1. The lowest BCUT2D eigenvalue weighted by atomic mass is 10.3. The average Bonchev–Trinajstić information content (AvgIpc) is 2.79. The highest BCUT2D eigenvalue weighted by atomic mass is 19.3. The standard InChI is InChI=1S/C12H13F2N3O2/c13-12(14)10(18)5-15-11(19)6-17-7-16-8-3-1-2-4-9(8)17/h1-4,7,10,12,18H,5-6H2,(H,15,19). The minimum Gasteiger partial charge on any atom is -0.385 e. The molecule has 2 N–H and O–H groups in total. The Morgan fingerprint density at radius 3 is 2.89 bits per heavy atom. The van der Waals surface area contributed by atoms with Crippen LogP contribution in [0.5, 0.6) is 0 Å². The van der Waals surface area contributed by atoms with Gasteiger partial charge in [-0.25, -0.2) is 13.8 Å². The van der Waals surface area contributed by atoms with E-state index in [4.69, 9.17) is 5.11 Å². The van der Waals surface area contributed by atoms with Crippen molar-refractivity contribution in [3.8, 4) is 0 Å². The molecule has 2 rings (SSSR count). The summed E-state index contributed by atoms with van der Waals surface area (Å²) in [6, 6.07) is 7.27. The largest absolute Gasteiger partial charge is 0.385 e. The Kier molecular flexibility index (Phi) is 4.06. The SMILES string of the molecule is O=C(Cn1cnc2ccccc21)NCC(O)C(F)F. The molecule has 0 aliphatic carbocycles. The molecule has 0 saturated carbocycles. The van der Waals surface area contributed by atoms with E-state index in [0.717, 1.165) is 11.0 Å². The number of para-hydroxylation sites is 2. The topological polar surface area (TPSA) is 67.2 Å². The van der Waals surface area contributed by atoms with E-state index in [1.807, 2.05) is 24.3 Å². The first-order chi connectivity index (χ1) is 9.08. The summed E-state index contributed by atoms with van der Waals surface area (Å²) in [5, 5.41) is 11.1. The number of hydrogen-bond acceptors (Lipinski definition) is 3. The maximum atomic E-state index is 12.0. The van der Waals surface area contributed by atoms with Crippen LogP contribution in [0.4, 0.5) is 8.78 Å². The van der Waals surface area contributed by atoms with Crippen LogP contribution in [-0.4, -0.2) is 39.6 Å². The molecule has 7 heteroatoms. The summed E-state index contributed by atoms with van der Waals surface area (Å²) in [6.45, 7) is -0.500. The average molecular weight is 269 g/mol. The van der Waals surface area contributed by atoms with Gasteiger partial charge >= 0.3 is 0 Å². The highest BCUT2D eigenvalue weighted by Gasteiger charge is 2.17. The van der Waals surface area contributed by atoms with Gasteiger partial charge in [0, 0.05) is 6.54 Å². The number of imidazole rings is 1. The minimum absolute atomic E-state index is 0.0313. The van der Waals surface area contributed by atoms with E-state index in [0.29, 0.717) is 0 Å². The van der Waals surface area contributed by atoms with E-state index in [1.54, 1.807) is 4.57 Å². The molecule has 0 aliphatic rings. The first-order valence-corrected chi connectivity index (χ1v) is 5.70. The van der Waals surface area contributed by atoms with E-state index in [1.165, 1.54) is 6.33 Å². The highest BCUT2D eigenvalue weighted by Crippen LogP contribution is 2.11. The third kappa shape index (κ3) is 3.25. The van der Waals surface area contributed by atoms with Gasteiger partial charge in [0.05, 0.1) is 17.4 Å². The first-order valence-electron chi connectivity index (χ1n) is 5.70. The van der Waals surface area contributed by atoms with Crippen molar-refractivity contribution in [1.29, 1.82) is 0 Å². The summed E-state index contributed by atoms with van der Waals surface area (Å²) in [7, 11) is 0. The number of alkyl halides is 2.